The van der Waals surface area contributed by atoms with Crippen LogP contribution in [0.4, 0.5) is 5.69 Å². The Bertz CT molecular complexity index is 744. The third-order valence-corrected chi connectivity index (χ3v) is 4.26. The summed E-state index contributed by atoms with van der Waals surface area (Å²) < 4.78 is 10.1. The average molecular weight is 344 g/mol. The Balaban J connectivity index is 1.58. The normalized spacial score (nSPS) is 18.2. The quantitative estimate of drug-likeness (QED) is 0.828. The molecule has 0 saturated carbocycles. The largest absolute Gasteiger partial charge is 0.497 e. The minimum absolute atomic E-state index is 0.0716. The van der Waals surface area contributed by atoms with Crippen LogP contribution in [0.15, 0.2) is 47.3 Å². The molecule has 2 unspecified atom stereocenters. The minimum atomic E-state index is -0.839. The predicted molar refractivity (Wildman–Crippen MR) is 90.1 cm³/mol. The number of aliphatic hydroxyl groups excluding tert-OH is 1. The first-order chi connectivity index (χ1) is 12.1. The molecule has 1 saturated heterocycles. The second-order valence-corrected chi connectivity index (χ2v) is 5.92. The van der Waals surface area contributed by atoms with E-state index < -0.39 is 12.0 Å². The van der Waals surface area contributed by atoms with E-state index in [-0.39, 0.29) is 24.8 Å². The van der Waals surface area contributed by atoms with Crippen LogP contribution in [0.5, 0.6) is 5.75 Å². The zero-order valence-electron chi connectivity index (χ0n) is 13.8. The highest BCUT2D eigenvalue weighted by Crippen LogP contribution is 2.28. The molecule has 1 aliphatic heterocycles. The standard InChI is InChI=1S/C18H20N2O5/c1-24-15-4-2-3-14(8-15)20-10-13(7-17(20)22)18(23)19-9-16(21)12-5-6-25-11-12/h2-6,8,11,13,16,21H,7,9-10H2,1H3,(H,19,23). The topological polar surface area (TPSA) is 92.0 Å². The maximum atomic E-state index is 12.3. The molecule has 0 aliphatic carbocycles. The molecule has 1 aromatic heterocycles. The lowest BCUT2D eigenvalue weighted by Crippen LogP contribution is -2.35. The first-order valence-corrected chi connectivity index (χ1v) is 8.00. The van der Waals surface area contributed by atoms with E-state index >= 15 is 0 Å². The Hall–Kier alpha value is -2.80. The van der Waals surface area contributed by atoms with Gasteiger partial charge >= 0.3 is 0 Å². The number of furan rings is 1. The van der Waals surface area contributed by atoms with Crippen LogP contribution in [0, 0.1) is 5.92 Å². The summed E-state index contributed by atoms with van der Waals surface area (Å²) in [6.07, 6.45) is 2.20. The Morgan fingerprint density at radius 1 is 1.48 bits per heavy atom. The van der Waals surface area contributed by atoms with Crippen molar-refractivity contribution in [1.82, 2.24) is 5.32 Å². The van der Waals surface area contributed by atoms with E-state index in [0.29, 0.717) is 23.5 Å². The van der Waals surface area contributed by atoms with Crippen molar-refractivity contribution in [2.24, 2.45) is 5.92 Å². The van der Waals surface area contributed by atoms with Gasteiger partial charge in [0.05, 0.1) is 31.7 Å². The SMILES string of the molecule is COc1cccc(N2CC(C(=O)NCC(O)c3ccoc3)CC2=O)c1. The van der Waals surface area contributed by atoms with E-state index in [4.69, 9.17) is 9.15 Å². The molecular formula is C18H20N2O5. The van der Waals surface area contributed by atoms with E-state index in [1.807, 2.05) is 6.07 Å². The molecule has 25 heavy (non-hydrogen) atoms. The number of nitrogens with zero attached hydrogens (tertiary/aromatic N) is 1. The fraction of sp³-hybridized carbons (Fsp3) is 0.333. The Kier molecular flexibility index (Phi) is 5.04. The number of carbonyl (C=O) groups is 2. The van der Waals surface area contributed by atoms with Crippen molar-refractivity contribution >= 4 is 17.5 Å². The molecule has 2 aromatic rings. The summed E-state index contributed by atoms with van der Waals surface area (Å²) in [7, 11) is 1.56. The number of amides is 2. The van der Waals surface area contributed by atoms with Gasteiger partial charge in [-0.15, -0.1) is 0 Å². The van der Waals surface area contributed by atoms with Crippen LogP contribution in [0.25, 0.3) is 0 Å². The molecule has 2 amide bonds. The molecule has 0 radical (unpaired) electrons. The maximum absolute atomic E-state index is 12.3. The first-order valence-electron chi connectivity index (χ1n) is 8.00. The highest BCUT2D eigenvalue weighted by Gasteiger charge is 2.35. The van der Waals surface area contributed by atoms with E-state index in [1.165, 1.54) is 12.5 Å². The van der Waals surface area contributed by atoms with Gasteiger partial charge in [-0.1, -0.05) is 6.07 Å². The maximum Gasteiger partial charge on any atom is 0.227 e. The molecular weight excluding hydrogens is 324 g/mol. The highest BCUT2D eigenvalue weighted by atomic mass is 16.5. The lowest BCUT2D eigenvalue weighted by atomic mass is 10.1. The predicted octanol–water partition coefficient (Wildman–Crippen LogP) is 1.49. The summed E-state index contributed by atoms with van der Waals surface area (Å²) in [5.41, 5.74) is 1.30. The summed E-state index contributed by atoms with van der Waals surface area (Å²) in [6, 6.07) is 8.81. The van der Waals surface area contributed by atoms with E-state index in [2.05, 4.69) is 5.32 Å². The Labute approximate surface area is 145 Å². The van der Waals surface area contributed by atoms with Gasteiger partial charge in [0.2, 0.25) is 11.8 Å². The monoisotopic (exact) mass is 344 g/mol. The second-order valence-electron chi connectivity index (χ2n) is 5.92. The third-order valence-electron chi connectivity index (χ3n) is 4.26. The highest BCUT2D eigenvalue weighted by molar-refractivity contribution is 6.00. The lowest BCUT2D eigenvalue weighted by Gasteiger charge is -2.18. The van der Waals surface area contributed by atoms with Gasteiger partial charge in [-0.25, -0.2) is 0 Å². The fourth-order valence-electron chi connectivity index (χ4n) is 2.84. The number of anilines is 1. The average Bonchev–Trinajstić information content (AvgIpc) is 3.29. The van der Waals surface area contributed by atoms with Crippen LogP contribution in [-0.4, -0.2) is 37.1 Å². The van der Waals surface area contributed by atoms with Crippen molar-refractivity contribution in [3.63, 3.8) is 0 Å². The molecule has 2 atom stereocenters. The molecule has 2 N–H and O–H groups in total. The van der Waals surface area contributed by atoms with Crippen molar-refractivity contribution in [3.8, 4) is 5.75 Å². The van der Waals surface area contributed by atoms with E-state index in [1.54, 1.807) is 36.3 Å². The number of benzene rings is 1. The smallest absolute Gasteiger partial charge is 0.227 e. The van der Waals surface area contributed by atoms with Crippen molar-refractivity contribution in [3.05, 3.63) is 48.4 Å². The summed E-state index contributed by atoms with van der Waals surface area (Å²) >= 11 is 0. The number of methoxy groups -OCH3 is 1. The zero-order valence-corrected chi connectivity index (χ0v) is 13.8. The molecule has 2 heterocycles. The molecule has 1 fully saturated rings. The van der Waals surface area contributed by atoms with Crippen molar-refractivity contribution in [2.75, 3.05) is 25.1 Å². The molecule has 1 aliphatic rings. The lowest BCUT2D eigenvalue weighted by molar-refractivity contribution is -0.126. The molecule has 0 spiro atoms. The van der Waals surface area contributed by atoms with Crippen molar-refractivity contribution < 1.29 is 23.8 Å². The third kappa shape index (κ3) is 3.83. The van der Waals surface area contributed by atoms with Crippen LogP contribution >= 0.6 is 0 Å². The molecule has 1 aromatic carbocycles. The van der Waals surface area contributed by atoms with Gasteiger partial charge in [-0.05, 0) is 18.2 Å². The summed E-state index contributed by atoms with van der Waals surface area (Å²) in [4.78, 5) is 26.2. The van der Waals surface area contributed by atoms with Crippen LogP contribution in [0.1, 0.15) is 18.1 Å². The second kappa shape index (κ2) is 7.40. The van der Waals surface area contributed by atoms with Crippen LogP contribution in [0.2, 0.25) is 0 Å². The fourth-order valence-corrected chi connectivity index (χ4v) is 2.84. The molecule has 132 valence electrons. The number of ether oxygens (including phenoxy) is 1. The molecule has 7 heteroatoms. The minimum Gasteiger partial charge on any atom is -0.497 e. The van der Waals surface area contributed by atoms with Crippen molar-refractivity contribution in [2.45, 2.75) is 12.5 Å². The number of hydrogen-bond acceptors (Lipinski definition) is 5. The van der Waals surface area contributed by atoms with Gasteiger partial charge in [0.15, 0.2) is 0 Å². The summed E-state index contributed by atoms with van der Waals surface area (Å²) in [5.74, 6) is -0.151. The van der Waals surface area contributed by atoms with Gasteiger partial charge in [-0.3, -0.25) is 9.59 Å². The van der Waals surface area contributed by atoms with E-state index in [0.717, 1.165) is 0 Å². The van der Waals surface area contributed by atoms with E-state index in [9.17, 15) is 14.7 Å². The van der Waals surface area contributed by atoms with Crippen LogP contribution in [-0.2, 0) is 9.59 Å². The first kappa shape index (κ1) is 17.0. The van der Waals surface area contributed by atoms with Gasteiger partial charge < -0.3 is 24.5 Å². The van der Waals surface area contributed by atoms with Crippen LogP contribution < -0.4 is 15.0 Å². The Morgan fingerprint density at radius 3 is 3.04 bits per heavy atom. The number of hydrogen-bond donors (Lipinski definition) is 2. The molecule has 0 bridgehead atoms. The van der Waals surface area contributed by atoms with Crippen molar-refractivity contribution in [1.29, 1.82) is 0 Å². The van der Waals surface area contributed by atoms with Gasteiger partial charge in [-0.2, -0.15) is 0 Å². The van der Waals surface area contributed by atoms with Gasteiger partial charge in [0.25, 0.3) is 0 Å². The number of rotatable bonds is 6. The van der Waals surface area contributed by atoms with Gasteiger partial charge in [0.1, 0.15) is 5.75 Å². The molecule has 7 nitrogen and oxygen atoms in total. The summed E-state index contributed by atoms with van der Waals surface area (Å²) in [6.45, 7) is 0.377. The number of carbonyl (C=O) groups excluding carboxylic acids is 2. The van der Waals surface area contributed by atoms with Gasteiger partial charge in [0, 0.05) is 36.8 Å². The Morgan fingerprint density at radius 2 is 2.32 bits per heavy atom. The van der Waals surface area contributed by atoms with Crippen LogP contribution in [0.3, 0.4) is 0 Å². The summed E-state index contributed by atoms with van der Waals surface area (Å²) in [5, 5.41) is 12.7. The zero-order chi connectivity index (χ0) is 17.8. The number of nitrogens with one attached hydrogen (secondary N) is 1. The number of aliphatic hydroxyl groups is 1. The molecule has 3 rings (SSSR count).